The number of halogens is 2. The molecule has 158 valence electrons. The van der Waals surface area contributed by atoms with Gasteiger partial charge in [-0.15, -0.1) is 0 Å². The van der Waals surface area contributed by atoms with Gasteiger partial charge >= 0.3 is 0 Å². The molecule has 0 unspecified atom stereocenters. The molecular formula is C24H20BrFN2O3. The molecule has 5 rings (SSSR count). The van der Waals surface area contributed by atoms with E-state index in [1.165, 1.54) is 12.1 Å². The first-order chi connectivity index (χ1) is 15.1. The predicted octanol–water partition coefficient (Wildman–Crippen LogP) is 5.85. The van der Waals surface area contributed by atoms with Crippen LogP contribution in [0.5, 0.6) is 17.2 Å². The van der Waals surface area contributed by atoms with Crippen molar-refractivity contribution in [3.05, 3.63) is 87.6 Å². The third kappa shape index (κ3) is 3.53. The molecule has 2 heterocycles. The number of rotatable bonds is 4. The topological polar surface area (TPSA) is 43.3 Å². The van der Waals surface area contributed by atoms with E-state index in [-0.39, 0.29) is 11.9 Å². The third-order valence-corrected chi connectivity index (χ3v) is 6.12. The van der Waals surface area contributed by atoms with Crippen LogP contribution in [0, 0.1) is 5.82 Å². The van der Waals surface area contributed by atoms with Crippen molar-refractivity contribution < 1.29 is 18.6 Å². The number of hydrazone groups is 1. The van der Waals surface area contributed by atoms with Crippen molar-refractivity contribution in [1.29, 1.82) is 0 Å². The van der Waals surface area contributed by atoms with E-state index in [1.807, 2.05) is 35.3 Å². The highest BCUT2D eigenvalue weighted by molar-refractivity contribution is 9.10. The van der Waals surface area contributed by atoms with Crippen LogP contribution in [0.3, 0.4) is 0 Å². The van der Waals surface area contributed by atoms with E-state index < -0.39 is 6.23 Å². The summed E-state index contributed by atoms with van der Waals surface area (Å²) >= 11 is 3.57. The summed E-state index contributed by atoms with van der Waals surface area (Å²) in [6.45, 7) is 0. The van der Waals surface area contributed by atoms with E-state index in [1.54, 1.807) is 26.4 Å². The van der Waals surface area contributed by atoms with Crippen molar-refractivity contribution in [2.45, 2.75) is 18.7 Å². The normalized spacial score (nSPS) is 19.2. The van der Waals surface area contributed by atoms with Crippen LogP contribution < -0.4 is 14.2 Å². The van der Waals surface area contributed by atoms with Crippen molar-refractivity contribution in [3.63, 3.8) is 0 Å². The number of ether oxygens (including phenoxy) is 3. The Bertz CT molecular complexity index is 1170. The molecule has 2 aliphatic rings. The number of hydrogen-bond donors (Lipinski definition) is 0. The lowest BCUT2D eigenvalue weighted by atomic mass is 9.96. The first kappa shape index (κ1) is 19.9. The molecule has 2 atom stereocenters. The van der Waals surface area contributed by atoms with Crippen LogP contribution in [0.1, 0.15) is 35.4 Å². The van der Waals surface area contributed by atoms with Crippen molar-refractivity contribution >= 4 is 21.6 Å². The van der Waals surface area contributed by atoms with Gasteiger partial charge in [0.05, 0.1) is 26.0 Å². The summed E-state index contributed by atoms with van der Waals surface area (Å²) in [4.78, 5) is 0. The van der Waals surface area contributed by atoms with E-state index >= 15 is 0 Å². The SMILES string of the molecule is COc1ccc([C@@H]2Oc3ccc(Br)cc3[C@H]3CC(c4ccc(F)cc4)=NN32)cc1OC. The quantitative estimate of drug-likeness (QED) is 0.467. The molecule has 0 bridgehead atoms. The maximum Gasteiger partial charge on any atom is 0.214 e. The van der Waals surface area contributed by atoms with Crippen LogP contribution in [0.15, 0.2) is 70.2 Å². The average molecular weight is 483 g/mol. The maximum atomic E-state index is 13.4. The zero-order valence-corrected chi connectivity index (χ0v) is 18.6. The highest BCUT2D eigenvalue weighted by Gasteiger charge is 2.41. The summed E-state index contributed by atoms with van der Waals surface area (Å²) in [5, 5.41) is 6.89. The Morgan fingerprint density at radius 1 is 1.00 bits per heavy atom. The molecule has 0 aromatic heterocycles. The Balaban J connectivity index is 1.60. The molecule has 7 heteroatoms. The average Bonchev–Trinajstić information content (AvgIpc) is 3.24. The molecule has 0 spiro atoms. The van der Waals surface area contributed by atoms with Crippen molar-refractivity contribution in [3.8, 4) is 17.2 Å². The summed E-state index contributed by atoms with van der Waals surface area (Å²) < 4.78 is 31.7. The lowest BCUT2D eigenvalue weighted by Crippen LogP contribution is -2.33. The fourth-order valence-corrected chi connectivity index (χ4v) is 4.48. The van der Waals surface area contributed by atoms with Crippen molar-refractivity contribution in [2.24, 2.45) is 5.10 Å². The fourth-order valence-electron chi connectivity index (χ4n) is 4.10. The van der Waals surface area contributed by atoms with Crippen molar-refractivity contribution in [2.75, 3.05) is 14.2 Å². The van der Waals surface area contributed by atoms with E-state index in [0.29, 0.717) is 17.9 Å². The Morgan fingerprint density at radius 3 is 2.52 bits per heavy atom. The monoisotopic (exact) mass is 482 g/mol. The first-order valence-corrected chi connectivity index (χ1v) is 10.7. The van der Waals surface area contributed by atoms with Gasteiger partial charge in [-0.25, -0.2) is 9.40 Å². The Kier molecular flexibility index (Phi) is 5.06. The number of nitrogens with zero attached hydrogens (tertiary/aromatic N) is 2. The molecule has 3 aromatic rings. The van der Waals surface area contributed by atoms with E-state index in [2.05, 4.69) is 22.0 Å². The second-order valence-electron chi connectivity index (χ2n) is 7.42. The minimum Gasteiger partial charge on any atom is -0.493 e. The van der Waals surface area contributed by atoms with Gasteiger partial charge in [-0.05, 0) is 54.1 Å². The molecule has 0 saturated heterocycles. The van der Waals surface area contributed by atoms with Gasteiger partial charge in [0, 0.05) is 22.0 Å². The van der Waals surface area contributed by atoms with Crippen molar-refractivity contribution in [1.82, 2.24) is 5.01 Å². The number of methoxy groups -OCH3 is 2. The second-order valence-corrected chi connectivity index (χ2v) is 8.34. The Morgan fingerprint density at radius 2 is 1.77 bits per heavy atom. The van der Waals surface area contributed by atoms with Gasteiger partial charge in [-0.2, -0.15) is 5.10 Å². The molecule has 2 aliphatic heterocycles. The van der Waals surface area contributed by atoms with Gasteiger partial charge in [0.1, 0.15) is 11.6 Å². The smallest absolute Gasteiger partial charge is 0.214 e. The van der Waals surface area contributed by atoms with E-state index in [4.69, 9.17) is 19.3 Å². The number of benzene rings is 3. The lowest BCUT2D eigenvalue weighted by molar-refractivity contribution is -0.0192. The van der Waals surface area contributed by atoms with Gasteiger partial charge in [0.15, 0.2) is 11.5 Å². The van der Waals surface area contributed by atoms with Crippen LogP contribution in [0.2, 0.25) is 0 Å². The number of fused-ring (bicyclic) bond motifs is 3. The summed E-state index contributed by atoms with van der Waals surface area (Å²) in [6.07, 6.45) is 0.263. The fraction of sp³-hybridized carbons (Fsp3) is 0.208. The third-order valence-electron chi connectivity index (χ3n) is 5.62. The zero-order chi connectivity index (χ0) is 21.5. The minimum absolute atomic E-state index is 0.000556. The molecule has 0 saturated carbocycles. The zero-order valence-electron chi connectivity index (χ0n) is 17.0. The molecule has 0 N–H and O–H groups in total. The number of hydrogen-bond acceptors (Lipinski definition) is 5. The Hall–Kier alpha value is -3.06. The van der Waals surface area contributed by atoms with E-state index in [9.17, 15) is 4.39 Å². The van der Waals surface area contributed by atoms with Gasteiger partial charge in [-0.1, -0.05) is 28.1 Å². The lowest BCUT2D eigenvalue weighted by Gasteiger charge is -2.38. The summed E-state index contributed by atoms with van der Waals surface area (Å²) in [6, 6.07) is 18.2. The first-order valence-electron chi connectivity index (χ1n) is 9.87. The second kappa shape index (κ2) is 7.89. The van der Waals surface area contributed by atoms with Crippen LogP contribution in [-0.2, 0) is 0 Å². The molecule has 0 fully saturated rings. The van der Waals surface area contributed by atoms with Gasteiger partial charge in [0.25, 0.3) is 0 Å². The molecule has 0 radical (unpaired) electrons. The Labute approximate surface area is 188 Å². The highest BCUT2D eigenvalue weighted by Crippen LogP contribution is 2.48. The molecule has 5 nitrogen and oxygen atoms in total. The summed E-state index contributed by atoms with van der Waals surface area (Å²) in [5.41, 5.74) is 3.76. The van der Waals surface area contributed by atoms with Crippen LogP contribution in [0.25, 0.3) is 0 Å². The van der Waals surface area contributed by atoms with Gasteiger partial charge in [0.2, 0.25) is 6.23 Å². The molecule has 3 aromatic carbocycles. The van der Waals surface area contributed by atoms with Crippen LogP contribution >= 0.6 is 15.9 Å². The molecule has 0 aliphatic carbocycles. The minimum atomic E-state index is -0.434. The summed E-state index contributed by atoms with van der Waals surface area (Å²) in [7, 11) is 3.22. The summed E-state index contributed by atoms with van der Waals surface area (Å²) in [5.74, 6) is 1.84. The van der Waals surface area contributed by atoms with E-state index in [0.717, 1.165) is 32.6 Å². The van der Waals surface area contributed by atoms with Gasteiger partial charge in [-0.3, -0.25) is 0 Å². The predicted molar refractivity (Wildman–Crippen MR) is 119 cm³/mol. The largest absolute Gasteiger partial charge is 0.493 e. The highest BCUT2D eigenvalue weighted by atomic mass is 79.9. The standard InChI is InChI=1S/C24H20BrFN2O3/c1-29-22-9-5-15(11-23(22)30-2)24-28-20(18-12-16(25)6-10-21(18)31-24)13-19(27-28)14-3-7-17(26)8-4-14/h3-12,20,24H,13H2,1-2H3/t20-,24+/m1/s1. The van der Waals surface area contributed by atoms with Gasteiger partial charge < -0.3 is 14.2 Å². The molecular weight excluding hydrogens is 463 g/mol. The molecule has 31 heavy (non-hydrogen) atoms. The van der Waals surface area contributed by atoms with Crippen LogP contribution in [0.4, 0.5) is 4.39 Å². The molecule has 0 amide bonds. The van der Waals surface area contributed by atoms with Crippen LogP contribution in [-0.4, -0.2) is 24.9 Å². The maximum absolute atomic E-state index is 13.4.